The van der Waals surface area contributed by atoms with Crippen molar-refractivity contribution in [1.82, 2.24) is 5.43 Å². The highest BCUT2D eigenvalue weighted by Gasteiger charge is 2.30. The molecule has 0 fully saturated rings. The molecule has 0 saturated heterocycles. The van der Waals surface area contributed by atoms with E-state index in [1.807, 2.05) is 0 Å². The average molecular weight is 324 g/mol. The third-order valence-corrected chi connectivity index (χ3v) is 2.87. The summed E-state index contributed by atoms with van der Waals surface area (Å²) in [5.74, 6) is -1.42. The van der Waals surface area contributed by atoms with E-state index in [0.29, 0.717) is 6.07 Å². The number of carbonyl (C=O) groups is 1. The normalized spacial score (nSPS) is 11.6. The number of benzene rings is 2. The fraction of sp³-hybridized carbons (Fsp3) is 0.0667. The molecule has 2 rings (SSSR count). The van der Waals surface area contributed by atoms with Gasteiger partial charge in [0.2, 0.25) is 0 Å². The maximum Gasteiger partial charge on any atom is 0.416 e. The van der Waals surface area contributed by atoms with Crippen molar-refractivity contribution in [3.8, 4) is 11.5 Å². The zero-order chi connectivity index (χ0) is 17.0. The molecule has 0 unspecified atom stereocenters. The molecule has 0 heterocycles. The van der Waals surface area contributed by atoms with Gasteiger partial charge in [0.15, 0.2) is 0 Å². The van der Waals surface area contributed by atoms with E-state index in [0.717, 1.165) is 18.3 Å². The Bertz CT molecular complexity index is 758. The molecule has 0 aliphatic rings. The monoisotopic (exact) mass is 324 g/mol. The lowest BCUT2D eigenvalue weighted by atomic mass is 10.1. The molecule has 0 aliphatic carbocycles. The first kappa shape index (κ1) is 16.3. The average Bonchev–Trinajstić information content (AvgIpc) is 2.48. The Labute approximate surface area is 128 Å². The molecule has 8 heteroatoms. The summed E-state index contributed by atoms with van der Waals surface area (Å²) in [6.45, 7) is 0. The lowest BCUT2D eigenvalue weighted by Gasteiger charge is -2.08. The second kappa shape index (κ2) is 6.39. The number of halogens is 3. The van der Waals surface area contributed by atoms with E-state index < -0.39 is 23.4 Å². The number of nitrogens with one attached hydrogen (secondary N) is 1. The summed E-state index contributed by atoms with van der Waals surface area (Å²) < 4.78 is 37.8. The van der Waals surface area contributed by atoms with Crippen LogP contribution in [0.1, 0.15) is 21.5 Å². The fourth-order valence-electron chi connectivity index (χ4n) is 1.72. The minimum absolute atomic E-state index is 0.0436. The first-order chi connectivity index (χ1) is 10.8. The van der Waals surface area contributed by atoms with Gasteiger partial charge >= 0.3 is 6.18 Å². The van der Waals surface area contributed by atoms with Crippen molar-refractivity contribution in [2.45, 2.75) is 6.18 Å². The third-order valence-electron chi connectivity index (χ3n) is 2.87. The first-order valence-corrected chi connectivity index (χ1v) is 6.30. The Balaban J connectivity index is 2.15. The fourth-order valence-corrected chi connectivity index (χ4v) is 1.72. The number of amides is 1. The lowest BCUT2D eigenvalue weighted by Crippen LogP contribution is -2.17. The van der Waals surface area contributed by atoms with Gasteiger partial charge in [-0.05, 0) is 30.3 Å². The summed E-state index contributed by atoms with van der Waals surface area (Å²) in [5.41, 5.74) is 0.843. The molecular weight excluding hydrogens is 313 g/mol. The largest absolute Gasteiger partial charge is 0.507 e. The van der Waals surface area contributed by atoms with Gasteiger partial charge in [0.1, 0.15) is 11.5 Å². The number of rotatable bonds is 3. The van der Waals surface area contributed by atoms with Crippen LogP contribution in [-0.2, 0) is 6.18 Å². The number of carbonyl (C=O) groups excluding carboxylic acids is 1. The number of aromatic hydroxyl groups is 2. The minimum atomic E-state index is -4.56. The van der Waals surface area contributed by atoms with Gasteiger partial charge in [0.25, 0.3) is 5.91 Å². The molecule has 120 valence electrons. The number of alkyl halides is 3. The molecule has 0 aliphatic heterocycles. The van der Waals surface area contributed by atoms with Gasteiger partial charge in [-0.25, -0.2) is 5.43 Å². The summed E-state index contributed by atoms with van der Waals surface area (Å²) in [6.07, 6.45) is -3.68. The van der Waals surface area contributed by atoms with E-state index in [-0.39, 0.29) is 16.9 Å². The molecule has 5 nitrogen and oxygen atoms in total. The number of phenolic OH excluding ortho intramolecular Hbond substituents is 2. The van der Waals surface area contributed by atoms with Crippen molar-refractivity contribution >= 4 is 12.1 Å². The molecule has 0 aromatic heterocycles. The van der Waals surface area contributed by atoms with Crippen molar-refractivity contribution in [2.24, 2.45) is 5.10 Å². The van der Waals surface area contributed by atoms with Gasteiger partial charge in [0.05, 0.1) is 17.3 Å². The van der Waals surface area contributed by atoms with Crippen LogP contribution in [0.4, 0.5) is 13.2 Å². The number of hydrazone groups is 1. The van der Waals surface area contributed by atoms with E-state index in [4.69, 9.17) is 0 Å². The number of phenols is 2. The van der Waals surface area contributed by atoms with Gasteiger partial charge in [0, 0.05) is 5.56 Å². The number of hydrogen-bond acceptors (Lipinski definition) is 4. The van der Waals surface area contributed by atoms with Gasteiger partial charge in [-0.3, -0.25) is 4.79 Å². The lowest BCUT2D eigenvalue weighted by molar-refractivity contribution is -0.137. The smallest absolute Gasteiger partial charge is 0.416 e. The molecular formula is C15H11F3N2O3. The molecule has 2 aromatic rings. The van der Waals surface area contributed by atoms with Gasteiger partial charge in [-0.1, -0.05) is 12.1 Å². The van der Waals surface area contributed by atoms with Crippen LogP contribution in [0.2, 0.25) is 0 Å². The van der Waals surface area contributed by atoms with Crippen LogP contribution in [0.25, 0.3) is 0 Å². The predicted molar refractivity (Wildman–Crippen MR) is 76.3 cm³/mol. The SMILES string of the molecule is O=C(NN=Cc1cc(C(F)(F)F)ccc1O)c1ccccc1O. The van der Waals surface area contributed by atoms with E-state index in [1.165, 1.54) is 24.3 Å². The van der Waals surface area contributed by atoms with E-state index in [1.54, 1.807) is 0 Å². The highest BCUT2D eigenvalue weighted by molar-refractivity contribution is 5.97. The molecule has 0 saturated carbocycles. The quantitative estimate of drug-likeness (QED) is 0.600. The van der Waals surface area contributed by atoms with E-state index in [9.17, 15) is 28.2 Å². The number of nitrogens with zero attached hydrogens (tertiary/aromatic N) is 1. The van der Waals surface area contributed by atoms with Crippen LogP contribution in [0, 0.1) is 0 Å². The summed E-state index contributed by atoms with van der Waals surface area (Å²) >= 11 is 0. The topological polar surface area (TPSA) is 81.9 Å². The van der Waals surface area contributed by atoms with E-state index in [2.05, 4.69) is 10.5 Å². The van der Waals surface area contributed by atoms with E-state index >= 15 is 0 Å². The Morgan fingerprint density at radius 1 is 1.09 bits per heavy atom. The zero-order valence-corrected chi connectivity index (χ0v) is 11.5. The number of para-hydroxylation sites is 1. The van der Waals surface area contributed by atoms with Crippen LogP contribution in [0.5, 0.6) is 11.5 Å². The maximum atomic E-state index is 12.6. The van der Waals surface area contributed by atoms with Crippen molar-refractivity contribution in [3.05, 3.63) is 59.2 Å². The Hall–Kier alpha value is -3.03. The van der Waals surface area contributed by atoms with Crippen LogP contribution in [-0.4, -0.2) is 22.3 Å². The van der Waals surface area contributed by atoms with Crippen molar-refractivity contribution in [3.63, 3.8) is 0 Å². The van der Waals surface area contributed by atoms with Crippen molar-refractivity contribution in [2.75, 3.05) is 0 Å². The summed E-state index contributed by atoms with van der Waals surface area (Å²) in [4.78, 5) is 11.7. The summed E-state index contributed by atoms with van der Waals surface area (Å²) in [6, 6.07) is 8.01. The second-order valence-corrected chi connectivity index (χ2v) is 4.49. The highest BCUT2D eigenvalue weighted by Crippen LogP contribution is 2.31. The Kier molecular flexibility index (Phi) is 4.54. The molecule has 3 N–H and O–H groups in total. The van der Waals surface area contributed by atoms with Crippen LogP contribution < -0.4 is 5.43 Å². The maximum absolute atomic E-state index is 12.6. The summed E-state index contributed by atoms with van der Waals surface area (Å²) in [7, 11) is 0. The van der Waals surface area contributed by atoms with Crippen LogP contribution in [0.15, 0.2) is 47.6 Å². The van der Waals surface area contributed by atoms with Gasteiger partial charge < -0.3 is 10.2 Å². The Morgan fingerprint density at radius 3 is 2.43 bits per heavy atom. The van der Waals surface area contributed by atoms with Crippen molar-refractivity contribution in [1.29, 1.82) is 0 Å². The highest BCUT2D eigenvalue weighted by atomic mass is 19.4. The van der Waals surface area contributed by atoms with Crippen molar-refractivity contribution < 1.29 is 28.2 Å². The minimum Gasteiger partial charge on any atom is -0.507 e. The Morgan fingerprint density at radius 2 is 1.78 bits per heavy atom. The molecule has 0 spiro atoms. The molecule has 2 aromatic carbocycles. The van der Waals surface area contributed by atoms with Crippen LogP contribution in [0.3, 0.4) is 0 Å². The first-order valence-electron chi connectivity index (χ1n) is 6.30. The summed E-state index contributed by atoms with van der Waals surface area (Å²) in [5, 5.41) is 22.5. The molecule has 23 heavy (non-hydrogen) atoms. The number of hydrogen-bond donors (Lipinski definition) is 3. The molecule has 0 atom stereocenters. The molecule has 0 radical (unpaired) electrons. The molecule has 0 bridgehead atoms. The zero-order valence-electron chi connectivity index (χ0n) is 11.5. The second-order valence-electron chi connectivity index (χ2n) is 4.49. The molecule has 1 amide bonds. The van der Waals surface area contributed by atoms with Crippen LogP contribution >= 0.6 is 0 Å². The van der Waals surface area contributed by atoms with Gasteiger partial charge in [-0.2, -0.15) is 18.3 Å². The third kappa shape index (κ3) is 4.00. The predicted octanol–water partition coefficient (Wildman–Crippen LogP) is 2.88. The van der Waals surface area contributed by atoms with Gasteiger partial charge in [-0.15, -0.1) is 0 Å². The standard InChI is InChI=1S/C15H11F3N2O3/c16-15(17,18)10-5-6-12(21)9(7-10)8-19-20-14(23)11-3-1-2-4-13(11)22/h1-8,21-22H,(H,20,23).